The molecule has 0 amide bonds. The van der Waals surface area contributed by atoms with Gasteiger partial charge >= 0.3 is 0 Å². The average molecular weight is 808 g/mol. The lowest BCUT2D eigenvalue weighted by atomic mass is 9.67. The summed E-state index contributed by atoms with van der Waals surface area (Å²) in [4.78, 5) is 15.8. The molecule has 0 aliphatic heterocycles. The van der Waals surface area contributed by atoms with Gasteiger partial charge in [-0.15, -0.1) is 11.3 Å². The fourth-order valence-electron chi connectivity index (χ4n) is 9.59. The molecule has 0 spiro atoms. The van der Waals surface area contributed by atoms with E-state index in [1.54, 1.807) is 0 Å². The quantitative estimate of drug-likeness (QED) is 0.161. The first-order valence-corrected chi connectivity index (χ1v) is 21.8. The lowest BCUT2D eigenvalue weighted by molar-refractivity contribution is 0.768. The molecule has 0 fully saturated rings. The van der Waals surface area contributed by atoms with Crippen LogP contribution in [0.3, 0.4) is 0 Å². The maximum absolute atomic E-state index is 5.31. The minimum absolute atomic E-state index is 0.486. The summed E-state index contributed by atoms with van der Waals surface area (Å²) in [6.07, 6.45) is 0. The van der Waals surface area contributed by atoms with Gasteiger partial charge in [0.05, 0.1) is 5.41 Å². The van der Waals surface area contributed by atoms with Crippen molar-refractivity contribution in [2.24, 2.45) is 0 Å². The number of fused-ring (bicyclic) bond motifs is 6. The van der Waals surface area contributed by atoms with Crippen LogP contribution in [0.5, 0.6) is 0 Å². The molecule has 9 aromatic carbocycles. The van der Waals surface area contributed by atoms with Crippen LogP contribution < -0.4 is 0 Å². The fraction of sp³-hybridized carbons (Fsp3) is 0.0172. The van der Waals surface area contributed by atoms with Crippen LogP contribution in [0.25, 0.3) is 87.7 Å². The van der Waals surface area contributed by atoms with E-state index in [4.69, 9.17) is 15.0 Å². The van der Waals surface area contributed by atoms with E-state index in [1.807, 2.05) is 17.4 Å². The van der Waals surface area contributed by atoms with Gasteiger partial charge in [0.15, 0.2) is 17.5 Å². The van der Waals surface area contributed by atoms with Crippen LogP contribution >= 0.6 is 11.3 Å². The molecule has 0 radical (unpaired) electrons. The van der Waals surface area contributed by atoms with E-state index in [9.17, 15) is 0 Å². The predicted octanol–water partition coefficient (Wildman–Crippen LogP) is 14.9. The highest BCUT2D eigenvalue weighted by Crippen LogP contribution is 2.56. The molecule has 290 valence electrons. The first-order valence-electron chi connectivity index (χ1n) is 21.0. The molecular formula is C58H37N3S. The first kappa shape index (κ1) is 36.1. The second kappa shape index (κ2) is 14.7. The van der Waals surface area contributed by atoms with Crippen LogP contribution in [-0.4, -0.2) is 15.0 Å². The summed E-state index contributed by atoms with van der Waals surface area (Å²) in [6, 6.07) is 80.4. The van der Waals surface area contributed by atoms with Crippen LogP contribution in [0.15, 0.2) is 224 Å². The summed E-state index contributed by atoms with van der Waals surface area (Å²) < 4.78 is 2.57. The molecule has 3 nitrogen and oxygen atoms in total. The third kappa shape index (κ3) is 5.83. The van der Waals surface area contributed by atoms with Crippen molar-refractivity contribution < 1.29 is 0 Å². The second-order valence-corrected chi connectivity index (χ2v) is 17.0. The van der Waals surface area contributed by atoms with Crippen molar-refractivity contribution in [2.45, 2.75) is 5.41 Å². The predicted molar refractivity (Wildman–Crippen MR) is 257 cm³/mol. The summed E-state index contributed by atoms with van der Waals surface area (Å²) in [5, 5.41) is 2.57. The minimum Gasteiger partial charge on any atom is -0.208 e. The summed E-state index contributed by atoms with van der Waals surface area (Å²) in [5.41, 5.74) is 14.3. The molecule has 2 heterocycles. The molecule has 0 N–H and O–H groups in total. The van der Waals surface area contributed by atoms with Crippen molar-refractivity contribution in [3.63, 3.8) is 0 Å². The van der Waals surface area contributed by atoms with Gasteiger partial charge in [0.1, 0.15) is 0 Å². The molecule has 2 aromatic heterocycles. The third-order valence-corrected chi connectivity index (χ3v) is 13.7. The van der Waals surface area contributed by atoms with E-state index in [-0.39, 0.29) is 0 Å². The number of hydrogen-bond donors (Lipinski definition) is 0. The van der Waals surface area contributed by atoms with Crippen molar-refractivity contribution in [3.8, 4) is 67.5 Å². The summed E-state index contributed by atoms with van der Waals surface area (Å²) in [5.74, 6) is 1.89. The molecule has 11 aromatic rings. The number of nitrogens with zero attached hydrogens (tertiary/aromatic N) is 3. The Morgan fingerprint density at radius 2 is 0.790 bits per heavy atom. The van der Waals surface area contributed by atoms with Crippen molar-refractivity contribution in [1.29, 1.82) is 0 Å². The van der Waals surface area contributed by atoms with Crippen molar-refractivity contribution in [2.75, 3.05) is 0 Å². The maximum Gasteiger partial charge on any atom is 0.164 e. The average Bonchev–Trinajstić information content (AvgIpc) is 3.89. The minimum atomic E-state index is -0.486. The normalized spacial score (nSPS) is 12.6. The van der Waals surface area contributed by atoms with Gasteiger partial charge < -0.3 is 0 Å². The molecule has 0 saturated heterocycles. The molecule has 12 rings (SSSR count). The van der Waals surface area contributed by atoms with Gasteiger partial charge in [0.2, 0.25) is 0 Å². The molecule has 0 atom stereocenters. The van der Waals surface area contributed by atoms with Crippen molar-refractivity contribution >= 4 is 31.5 Å². The van der Waals surface area contributed by atoms with Gasteiger partial charge in [-0.2, -0.15) is 0 Å². The summed E-state index contributed by atoms with van der Waals surface area (Å²) in [7, 11) is 0. The lowest BCUT2D eigenvalue weighted by Gasteiger charge is -2.33. The topological polar surface area (TPSA) is 38.7 Å². The van der Waals surface area contributed by atoms with Gasteiger partial charge in [0, 0.05) is 36.9 Å². The Kier molecular flexibility index (Phi) is 8.58. The smallest absolute Gasteiger partial charge is 0.164 e. The number of thiophene rings is 1. The molecule has 1 aliphatic carbocycles. The number of hydrogen-bond acceptors (Lipinski definition) is 4. The molecule has 4 heteroatoms. The Labute approximate surface area is 364 Å². The van der Waals surface area contributed by atoms with Crippen LogP contribution in [0.4, 0.5) is 0 Å². The van der Waals surface area contributed by atoms with Gasteiger partial charge in [-0.1, -0.05) is 206 Å². The van der Waals surface area contributed by atoms with E-state index in [2.05, 4.69) is 218 Å². The lowest BCUT2D eigenvalue weighted by Crippen LogP contribution is -2.28. The van der Waals surface area contributed by atoms with Crippen molar-refractivity contribution in [1.82, 2.24) is 15.0 Å². The summed E-state index contributed by atoms with van der Waals surface area (Å²) >= 11 is 1.84. The monoisotopic (exact) mass is 807 g/mol. The molecule has 62 heavy (non-hydrogen) atoms. The van der Waals surface area contributed by atoms with E-state index in [1.165, 1.54) is 64.7 Å². The highest BCUT2D eigenvalue weighted by atomic mass is 32.1. The van der Waals surface area contributed by atoms with Crippen LogP contribution in [0.2, 0.25) is 0 Å². The Hall–Kier alpha value is -7.79. The maximum atomic E-state index is 5.31. The largest absolute Gasteiger partial charge is 0.208 e. The Morgan fingerprint density at radius 1 is 0.306 bits per heavy atom. The van der Waals surface area contributed by atoms with E-state index in [0.717, 1.165) is 27.8 Å². The molecule has 1 aliphatic rings. The Balaban J connectivity index is 1.04. The van der Waals surface area contributed by atoms with E-state index >= 15 is 0 Å². The Bertz CT molecular complexity index is 3410. The fourth-order valence-corrected chi connectivity index (χ4v) is 10.8. The second-order valence-electron chi connectivity index (χ2n) is 15.9. The van der Waals surface area contributed by atoms with E-state index in [0.29, 0.717) is 17.5 Å². The zero-order chi connectivity index (χ0) is 41.0. The van der Waals surface area contributed by atoms with Gasteiger partial charge in [-0.05, 0) is 73.8 Å². The SMILES string of the molecule is c1ccc(-c2ccc(-c3nc(-c4cccc(-c5cccc6c5sc5ccccc56)c4)nc(-c4ccc5c(c4)-c4ccccc4C5(c4ccccc4)c4ccccc4)n3)cc2)cc1. The Morgan fingerprint density at radius 3 is 1.53 bits per heavy atom. The number of aromatic nitrogens is 3. The van der Waals surface area contributed by atoms with Gasteiger partial charge in [-0.25, -0.2) is 15.0 Å². The third-order valence-electron chi connectivity index (χ3n) is 12.4. The molecule has 0 bridgehead atoms. The van der Waals surface area contributed by atoms with Gasteiger partial charge in [-0.3, -0.25) is 0 Å². The molecule has 0 unspecified atom stereocenters. The molecular weight excluding hydrogens is 771 g/mol. The van der Waals surface area contributed by atoms with Gasteiger partial charge in [0.25, 0.3) is 0 Å². The first-order chi connectivity index (χ1) is 30.7. The summed E-state index contributed by atoms with van der Waals surface area (Å²) in [6.45, 7) is 0. The highest BCUT2D eigenvalue weighted by molar-refractivity contribution is 7.26. The number of benzene rings is 9. The zero-order valence-electron chi connectivity index (χ0n) is 33.6. The van der Waals surface area contributed by atoms with Crippen LogP contribution in [0.1, 0.15) is 22.3 Å². The van der Waals surface area contributed by atoms with Crippen LogP contribution in [0, 0.1) is 0 Å². The van der Waals surface area contributed by atoms with Crippen molar-refractivity contribution in [3.05, 3.63) is 247 Å². The highest BCUT2D eigenvalue weighted by Gasteiger charge is 2.46. The standard InChI is InChI=1S/C58H37N3S/c1-4-16-38(17-5-1)39-30-32-40(33-31-39)55-59-56(42-19-14-18-41(36-42)46-26-15-27-49-48-25-11-13-29-53(48)62-54(46)49)61-57(60-55)43-34-35-52-50(37-43)47-24-10-12-28-51(47)58(52,44-20-6-2-7-21-44)45-22-8-3-9-23-45/h1-37H. The number of rotatable bonds is 7. The van der Waals surface area contributed by atoms with E-state index < -0.39 is 5.41 Å². The zero-order valence-corrected chi connectivity index (χ0v) is 34.4. The molecule has 0 saturated carbocycles. The van der Waals surface area contributed by atoms with Crippen LogP contribution in [-0.2, 0) is 5.41 Å².